The van der Waals surface area contributed by atoms with Crippen LogP contribution in [0.2, 0.25) is 0 Å². The van der Waals surface area contributed by atoms with Crippen LogP contribution in [0.15, 0.2) is 27.0 Å². The fraction of sp³-hybridized carbons (Fsp3) is 0.364. The van der Waals surface area contributed by atoms with Crippen molar-refractivity contribution in [2.75, 3.05) is 6.54 Å². The molecule has 0 aromatic carbocycles. The minimum atomic E-state index is 0.293. The van der Waals surface area contributed by atoms with Gasteiger partial charge in [-0.15, -0.1) is 11.3 Å². The fourth-order valence-electron chi connectivity index (χ4n) is 1.56. The quantitative estimate of drug-likeness (QED) is 0.874. The van der Waals surface area contributed by atoms with Crippen molar-refractivity contribution < 1.29 is 0 Å². The van der Waals surface area contributed by atoms with E-state index in [1.807, 2.05) is 18.7 Å². The van der Waals surface area contributed by atoms with E-state index < -0.39 is 0 Å². The van der Waals surface area contributed by atoms with E-state index in [2.05, 4.69) is 38.5 Å². The maximum Gasteiger partial charge on any atom is 0.0946 e. The zero-order valence-electron chi connectivity index (χ0n) is 9.68. The summed E-state index contributed by atoms with van der Waals surface area (Å²) < 4.78 is 3.03. The highest BCUT2D eigenvalue weighted by atomic mass is 79.9. The van der Waals surface area contributed by atoms with Gasteiger partial charge < -0.3 is 5.73 Å². The van der Waals surface area contributed by atoms with Crippen LogP contribution in [-0.4, -0.2) is 16.3 Å². The summed E-state index contributed by atoms with van der Waals surface area (Å²) in [6.07, 6.45) is 0. The molecular weight excluding hydrogens is 318 g/mol. The number of rotatable bonds is 4. The van der Waals surface area contributed by atoms with E-state index in [0.29, 0.717) is 11.8 Å². The Bertz CT molecular complexity index is 507. The molecule has 0 saturated heterocycles. The number of thiophene rings is 1. The van der Waals surface area contributed by atoms with Crippen LogP contribution in [0.5, 0.6) is 0 Å². The van der Waals surface area contributed by atoms with Gasteiger partial charge in [0.2, 0.25) is 0 Å². The molecule has 0 aliphatic rings. The van der Waals surface area contributed by atoms with Gasteiger partial charge in [0, 0.05) is 28.3 Å². The SMILES string of the molecule is Cc1cc(SC(CN)c2cc(Br)cs2)n(C)n1. The average Bonchev–Trinajstić information content (AvgIpc) is 2.82. The monoisotopic (exact) mass is 331 g/mol. The Balaban J connectivity index is 2.18. The van der Waals surface area contributed by atoms with Gasteiger partial charge >= 0.3 is 0 Å². The summed E-state index contributed by atoms with van der Waals surface area (Å²) in [6.45, 7) is 2.63. The summed E-state index contributed by atoms with van der Waals surface area (Å²) in [5.41, 5.74) is 6.90. The molecule has 92 valence electrons. The first-order valence-electron chi connectivity index (χ1n) is 5.21. The van der Waals surface area contributed by atoms with Crippen LogP contribution in [0, 0.1) is 6.92 Å². The maximum absolute atomic E-state index is 5.86. The molecule has 0 spiro atoms. The van der Waals surface area contributed by atoms with Crippen LogP contribution in [0.25, 0.3) is 0 Å². The Hall–Kier alpha value is -0.300. The molecule has 0 aliphatic heterocycles. The van der Waals surface area contributed by atoms with E-state index in [9.17, 15) is 0 Å². The number of thioether (sulfide) groups is 1. The van der Waals surface area contributed by atoms with Crippen LogP contribution >= 0.6 is 39.0 Å². The number of hydrogen-bond donors (Lipinski definition) is 1. The van der Waals surface area contributed by atoms with Crippen molar-refractivity contribution in [2.45, 2.75) is 17.2 Å². The molecule has 0 saturated carbocycles. The van der Waals surface area contributed by atoms with Crippen molar-refractivity contribution >= 4 is 39.0 Å². The summed E-state index contributed by atoms with van der Waals surface area (Å²) in [5, 5.41) is 7.88. The normalized spacial score (nSPS) is 12.9. The lowest BCUT2D eigenvalue weighted by atomic mass is 10.3. The summed E-state index contributed by atoms with van der Waals surface area (Å²) >= 11 is 6.98. The molecule has 2 aromatic heterocycles. The summed E-state index contributed by atoms with van der Waals surface area (Å²) in [7, 11) is 1.97. The predicted octanol–water partition coefficient (Wildman–Crippen LogP) is 3.34. The number of halogens is 1. The van der Waals surface area contributed by atoms with Crippen molar-refractivity contribution in [3.8, 4) is 0 Å². The van der Waals surface area contributed by atoms with Gasteiger partial charge in [0.05, 0.1) is 16.0 Å². The minimum Gasteiger partial charge on any atom is -0.329 e. The van der Waals surface area contributed by atoms with Crippen molar-refractivity contribution in [3.05, 3.63) is 32.6 Å². The third kappa shape index (κ3) is 3.13. The van der Waals surface area contributed by atoms with E-state index in [1.54, 1.807) is 23.1 Å². The van der Waals surface area contributed by atoms with Crippen molar-refractivity contribution in [3.63, 3.8) is 0 Å². The molecular formula is C11H14BrN3S2. The molecule has 1 unspecified atom stereocenters. The zero-order chi connectivity index (χ0) is 12.4. The van der Waals surface area contributed by atoms with E-state index in [0.717, 1.165) is 15.2 Å². The van der Waals surface area contributed by atoms with Crippen LogP contribution < -0.4 is 5.73 Å². The highest BCUT2D eigenvalue weighted by Crippen LogP contribution is 2.38. The van der Waals surface area contributed by atoms with Gasteiger partial charge in [-0.25, -0.2) is 0 Å². The van der Waals surface area contributed by atoms with Gasteiger partial charge in [-0.2, -0.15) is 5.10 Å². The average molecular weight is 332 g/mol. The molecule has 2 aromatic rings. The Morgan fingerprint density at radius 2 is 2.35 bits per heavy atom. The second-order valence-electron chi connectivity index (χ2n) is 3.76. The van der Waals surface area contributed by atoms with Crippen molar-refractivity contribution in [2.24, 2.45) is 12.8 Å². The molecule has 0 fully saturated rings. The van der Waals surface area contributed by atoms with Crippen LogP contribution in [0.3, 0.4) is 0 Å². The number of hydrogen-bond acceptors (Lipinski definition) is 4. The molecule has 17 heavy (non-hydrogen) atoms. The number of aryl methyl sites for hydroxylation is 2. The third-order valence-corrected chi connectivity index (χ3v) is 5.65. The molecule has 0 aliphatic carbocycles. The van der Waals surface area contributed by atoms with Gasteiger partial charge in [-0.05, 0) is 35.0 Å². The molecule has 0 bridgehead atoms. The van der Waals surface area contributed by atoms with Gasteiger partial charge in [0.15, 0.2) is 0 Å². The fourth-order valence-corrected chi connectivity index (χ4v) is 4.32. The molecule has 2 rings (SSSR count). The Morgan fingerprint density at radius 3 is 2.82 bits per heavy atom. The topological polar surface area (TPSA) is 43.8 Å². The van der Waals surface area contributed by atoms with Crippen molar-refractivity contribution in [1.82, 2.24) is 9.78 Å². The zero-order valence-corrected chi connectivity index (χ0v) is 12.9. The molecule has 2 heterocycles. The first-order chi connectivity index (χ1) is 8.10. The first-order valence-corrected chi connectivity index (χ1v) is 7.76. The van der Waals surface area contributed by atoms with E-state index in [-0.39, 0.29) is 0 Å². The standard InChI is InChI=1S/C11H14BrN3S2/c1-7-3-11(15(2)14-7)17-10(5-13)9-4-8(12)6-16-9/h3-4,6,10H,5,13H2,1-2H3. The second kappa shape index (κ2) is 5.56. The van der Waals surface area contributed by atoms with E-state index in [1.165, 1.54) is 4.88 Å². The van der Waals surface area contributed by atoms with Gasteiger partial charge in [-0.1, -0.05) is 11.8 Å². The molecule has 0 amide bonds. The molecule has 0 radical (unpaired) electrons. The van der Waals surface area contributed by atoms with Crippen LogP contribution in [-0.2, 0) is 7.05 Å². The largest absolute Gasteiger partial charge is 0.329 e. The Kier molecular flexibility index (Phi) is 4.30. The molecule has 6 heteroatoms. The predicted molar refractivity (Wildman–Crippen MR) is 77.6 cm³/mol. The van der Waals surface area contributed by atoms with E-state index in [4.69, 9.17) is 5.73 Å². The van der Waals surface area contributed by atoms with Gasteiger partial charge in [-0.3, -0.25) is 4.68 Å². The highest BCUT2D eigenvalue weighted by molar-refractivity contribution is 9.10. The lowest BCUT2D eigenvalue weighted by Crippen LogP contribution is -2.08. The number of nitrogens with zero attached hydrogens (tertiary/aromatic N) is 2. The second-order valence-corrected chi connectivity index (χ2v) is 6.84. The van der Waals surface area contributed by atoms with Crippen LogP contribution in [0.4, 0.5) is 0 Å². The van der Waals surface area contributed by atoms with E-state index >= 15 is 0 Å². The maximum atomic E-state index is 5.86. The lowest BCUT2D eigenvalue weighted by molar-refractivity contribution is 0.690. The molecule has 1 atom stereocenters. The lowest BCUT2D eigenvalue weighted by Gasteiger charge is -2.12. The van der Waals surface area contributed by atoms with Gasteiger partial charge in [0.1, 0.15) is 0 Å². The Morgan fingerprint density at radius 1 is 1.59 bits per heavy atom. The van der Waals surface area contributed by atoms with Crippen LogP contribution in [0.1, 0.15) is 15.8 Å². The Labute approximate surface area is 118 Å². The summed E-state index contributed by atoms with van der Waals surface area (Å²) in [6, 6.07) is 4.23. The van der Waals surface area contributed by atoms with Gasteiger partial charge in [0.25, 0.3) is 0 Å². The summed E-state index contributed by atoms with van der Waals surface area (Å²) in [4.78, 5) is 1.29. The molecule has 2 N–H and O–H groups in total. The first kappa shape index (κ1) is 13.1. The molecule has 3 nitrogen and oxygen atoms in total. The summed E-state index contributed by atoms with van der Waals surface area (Å²) in [5.74, 6) is 0. The smallest absolute Gasteiger partial charge is 0.0946 e. The minimum absolute atomic E-state index is 0.293. The number of nitrogens with two attached hydrogens (primary N) is 1. The number of aromatic nitrogens is 2. The highest BCUT2D eigenvalue weighted by Gasteiger charge is 2.16. The van der Waals surface area contributed by atoms with Crippen molar-refractivity contribution in [1.29, 1.82) is 0 Å². The third-order valence-electron chi connectivity index (χ3n) is 2.34.